The van der Waals surface area contributed by atoms with Gasteiger partial charge in [0.15, 0.2) is 0 Å². The van der Waals surface area contributed by atoms with Crippen LogP contribution in [0.15, 0.2) is 152 Å². The van der Waals surface area contributed by atoms with Crippen molar-refractivity contribution in [2.24, 2.45) is 0 Å². The van der Waals surface area contributed by atoms with Gasteiger partial charge in [-0.1, -0.05) is 169 Å². The van der Waals surface area contributed by atoms with Crippen LogP contribution in [0.3, 0.4) is 0 Å². The Balaban J connectivity index is 0.000000896. The number of carbonyl (C=O) groups excluding carboxylic acids is 8. The Hall–Kier alpha value is -5.28. The average Bonchev–Trinajstić information content (AvgIpc) is 0.773. The molecule has 0 aromatic heterocycles. The van der Waals surface area contributed by atoms with Crippen LogP contribution in [0.1, 0.15) is 115 Å². The summed E-state index contributed by atoms with van der Waals surface area (Å²) in [6.45, 7) is 1.49. The number of carboxylic acids is 1. The summed E-state index contributed by atoms with van der Waals surface area (Å²) in [6.07, 6.45) is 0.310. The van der Waals surface area contributed by atoms with E-state index in [2.05, 4.69) is 15.5 Å². The fraction of sp³-hybridized carbons (Fsp3) is 0.261. The van der Waals surface area contributed by atoms with Gasteiger partial charge in [0.2, 0.25) is 11.8 Å². The quantitative estimate of drug-likeness (QED) is 0.0252. The van der Waals surface area contributed by atoms with Crippen LogP contribution in [-0.4, -0.2) is 118 Å². The van der Waals surface area contributed by atoms with E-state index in [1.54, 1.807) is 60.3 Å². The zero-order valence-electron chi connectivity index (χ0n) is 54.3. The third-order valence-corrected chi connectivity index (χ3v) is 16.5. The van der Waals surface area contributed by atoms with E-state index in [9.17, 15) is 52.2 Å². The Morgan fingerprint density at radius 1 is 0.592 bits per heavy atom. The van der Waals surface area contributed by atoms with Crippen molar-refractivity contribution in [2.45, 2.75) is 90.8 Å². The molecule has 9 rings (SSSR count). The molecule has 512 valence electrons. The van der Waals surface area contributed by atoms with Gasteiger partial charge in [-0.25, -0.2) is 18.4 Å². The fourth-order valence-electron chi connectivity index (χ4n) is 10.3. The average molecular weight is 1520 g/mol. The molecule has 0 radical (unpaired) electrons. The smallest absolute Gasteiger partial charge is 1.00 e. The number of aliphatic carboxylic acids is 1. The number of esters is 1. The molecule has 2 atom stereocenters. The van der Waals surface area contributed by atoms with Crippen LogP contribution in [0.5, 0.6) is 0 Å². The van der Waals surface area contributed by atoms with E-state index < -0.39 is 47.5 Å². The molecule has 0 bridgehead atoms. The number of hydrogen-bond acceptors (Lipinski definition) is 12. The number of fused-ring (bicyclic) bond motifs is 2. The van der Waals surface area contributed by atoms with Crippen LogP contribution in [-0.2, 0) is 79.2 Å². The molecule has 0 saturated heterocycles. The Kier molecular flexibility index (Phi) is 40.0. The number of nitrogens with one attached hydrogen (secondary N) is 2. The number of hydrogen-bond donors (Lipinski definition) is 3. The minimum absolute atomic E-state index is 0. The Morgan fingerprint density at radius 2 is 0.949 bits per heavy atom. The molecule has 0 fully saturated rings. The summed E-state index contributed by atoms with van der Waals surface area (Å²) in [5.41, 5.74) is 5.01. The van der Waals surface area contributed by atoms with Crippen LogP contribution < -0.4 is 119 Å². The summed E-state index contributed by atoms with van der Waals surface area (Å²) in [6, 6.07) is 40.0. The van der Waals surface area contributed by atoms with E-state index in [-0.39, 0.29) is 270 Å². The minimum Gasteiger partial charge on any atom is -1.00 e. The molecule has 2 aliphatic rings. The van der Waals surface area contributed by atoms with Crippen LogP contribution in [0, 0.1) is 11.6 Å². The number of nitrogens with zero attached hydrogens (tertiary/aromatic N) is 4. The van der Waals surface area contributed by atoms with Gasteiger partial charge in [0.25, 0.3) is 30.1 Å². The molecule has 7 aromatic rings. The van der Waals surface area contributed by atoms with Crippen molar-refractivity contribution < 1.29 is 176 Å². The van der Waals surface area contributed by atoms with Crippen LogP contribution in [0.2, 0.25) is 20.1 Å². The number of carbonyl (C=O) groups is 9. The van der Waals surface area contributed by atoms with Gasteiger partial charge in [-0.3, -0.25) is 33.6 Å². The number of amides is 6. The van der Waals surface area contributed by atoms with Gasteiger partial charge in [-0.15, -0.1) is 0 Å². The van der Waals surface area contributed by atoms with E-state index in [1.165, 1.54) is 46.2 Å². The van der Waals surface area contributed by atoms with Gasteiger partial charge < -0.3 is 51.6 Å². The van der Waals surface area contributed by atoms with Gasteiger partial charge in [-0.05, 0) is 101 Å². The summed E-state index contributed by atoms with van der Waals surface area (Å²) < 4.78 is 32.9. The van der Waals surface area contributed by atoms with Crippen molar-refractivity contribution in [3.63, 3.8) is 0 Å². The molecule has 0 saturated carbocycles. The van der Waals surface area contributed by atoms with E-state index in [0.717, 1.165) is 16.7 Å². The maximum atomic E-state index is 13.7. The summed E-state index contributed by atoms with van der Waals surface area (Å²) in [4.78, 5) is 122. The molecule has 3 N–H and O–H groups in total. The first kappa shape index (κ1) is 88.8. The van der Waals surface area contributed by atoms with Crippen LogP contribution in [0.25, 0.3) is 0 Å². The standard InChI is InChI=1S/C37H34Cl2FN3O5.C30H28Cl2FN3O5.CH2O3.CH4.2K.2H2S.H/c1-42(21-24-9-4-2-5-10-24)32(44)16-15-31(37(47)48-23-25-11-6-3-7-12-25)41-35(45)33-30(38)20-29-28(34(33)39)17-18-43(36(29)46)22-26-13-8-14-27(40)19-26;1-35(16-18-6-3-2-4-7-18)25(37)11-10-24(30(40)41)34-28(38)26-23(31)15-22-21(27(26)32)12-13-36(29(22)39)17-19-8-5-9-20(33)14-19;2-1-4-3;;;;;;/h2-14,19-20,31H,15-18,21-23H2,1H3,(H,41,45);2-9,14-15,24H,10-13,16-17H2,1H3,(H,34,38)(H,40,41);1,3H;1H4;;;2*1H2;/q;;;;2*+1;;;-1/p-1/t31-;24-;;;;;;;/m00......./s1. The largest absolute Gasteiger partial charge is 1.00 e. The van der Waals surface area contributed by atoms with Gasteiger partial charge >= 0.3 is 115 Å². The normalized spacial score (nSPS) is 12.2. The van der Waals surface area contributed by atoms with Crippen molar-refractivity contribution in [1.82, 2.24) is 30.2 Å². The molecule has 0 aliphatic carbocycles. The molecule has 7 aromatic carbocycles. The van der Waals surface area contributed by atoms with Crippen LogP contribution in [0.4, 0.5) is 8.78 Å². The zero-order valence-corrected chi connectivity index (χ0v) is 64.5. The molecular weight excluding hydrogens is 1440 g/mol. The van der Waals surface area contributed by atoms with Gasteiger partial charge in [0.1, 0.15) is 30.3 Å². The first-order chi connectivity index (χ1) is 44.6. The zero-order chi connectivity index (χ0) is 67.3. The second kappa shape index (κ2) is 44.2. The van der Waals surface area contributed by atoms with Crippen molar-refractivity contribution in [3.05, 3.63) is 245 Å². The predicted molar refractivity (Wildman–Crippen MR) is 369 cm³/mol. The van der Waals surface area contributed by atoms with Crippen molar-refractivity contribution in [1.29, 1.82) is 0 Å². The van der Waals surface area contributed by atoms with E-state index in [1.807, 2.05) is 78.9 Å². The Morgan fingerprint density at radius 3 is 1.32 bits per heavy atom. The van der Waals surface area contributed by atoms with Crippen molar-refractivity contribution in [3.8, 4) is 0 Å². The molecule has 0 spiro atoms. The SMILES string of the molecule is C.CN(Cc1ccccc1)C(=O)CC[C@H](NC(=O)c1c(Cl)cc2c(c1Cl)CCN(Cc1cccc(F)c1)C2=O)C(=O)O.CN(Cc1ccccc1)C(=O)CC[C@H](NC(=O)c1c(Cl)cc2c(c1Cl)CCN(Cc1cccc(F)c1)C2=O)C(=O)OCc1ccccc1.O=CO[O-].S.S.[H-].[K+].[K+]. The Labute approximate surface area is 687 Å². The number of benzene rings is 7. The number of rotatable bonds is 23. The third kappa shape index (κ3) is 25.7. The first-order valence-electron chi connectivity index (χ1n) is 29.0. The van der Waals surface area contributed by atoms with Gasteiger partial charge in [-0.2, -0.15) is 27.0 Å². The van der Waals surface area contributed by atoms with Gasteiger partial charge in [0, 0.05) is 77.3 Å². The summed E-state index contributed by atoms with van der Waals surface area (Å²) in [5, 5.41) is 23.0. The molecule has 6 amide bonds. The third-order valence-electron chi connectivity index (χ3n) is 15.0. The van der Waals surface area contributed by atoms with E-state index >= 15 is 0 Å². The number of halogens is 6. The molecule has 29 heteroatoms. The predicted octanol–water partition coefficient (Wildman–Crippen LogP) is 4.98. The van der Waals surface area contributed by atoms with E-state index in [0.29, 0.717) is 48.2 Å². The maximum Gasteiger partial charge on any atom is 1.00 e. The molecule has 2 aliphatic heterocycles. The molecule has 19 nitrogen and oxygen atoms in total. The van der Waals surface area contributed by atoms with E-state index in [4.69, 9.17) is 61.2 Å². The molecule has 98 heavy (non-hydrogen) atoms. The monoisotopic (exact) mass is 1510 g/mol. The van der Waals surface area contributed by atoms with Crippen LogP contribution >= 0.6 is 73.4 Å². The Bertz CT molecular complexity index is 3890. The second-order valence-electron chi connectivity index (χ2n) is 21.6. The summed E-state index contributed by atoms with van der Waals surface area (Å²) in [7, 11) is 3.29. The van der Waals surface area contributed by atoms with Gasteiger partial charge in [0.05, 0.1) is 31.2 Å². The van der Waals surface area contributed by atoms with Crippen molar-refractivity contribution in [2.75, 3.05) is 27.2 Å². The second-order valence-corrected chi connectivity index (χ2v) is 23.2. The topological polar surface area (TPSA) is 252 Å². The molecule has 0 unspecified atom stereocenters. The fourth-order valence-corrected chi connectivity index (χ4v) is 11.7. The number of ether oxygens (including phenoxy) is 1. The van der Waals surface area contributed by atoms with Crippen molar-refractivity contribution >= 4 is 127 Å². The summed E-state index contributed by atoms with van der Waals surface area (Å²) in [5.74, 6) is -5.62. The maximum absolute atomic E-state index is 13.7. The number of carboxylic acid groups (broad SMARTS) is 1. The summed E-state index contributed by atoms with van der Waals surface area (Å²) >= 11 is 26.2. The molecule has 2 heterocycles. The molecular formula is C69H72Cl4F2K2N6O13S2. The first-order valence-corrected chi connectivity index (χ1v) is 30.5. The minimum atomic E-state index is -1.37.